The monoisotopic (exact) mass is 339 g/mol. The highest BCUT2D eigenvalue weighted by Crippen LogP contribution is 2.23. The van der Waals surface area contributed by atoms with Gasteiger partial charge in [0.25, 0.3) is 0 Å². The van der Waals surface area contributed by atoms with E-state index in [9.17, 15) is 9.90 Å². The van der Waals surface area contributed by atoms with Crippen molar-refractivity contribution in [3.63, 3.8) is 0 Å². The van der Waals surface area contributed by atoms with Crippen LogP contribution in [0.2, 0.25) is 0 Å². The number of halogens is 1. The maximum absolute atomic E-state index is 12.5. The van der Waals surface area contributed by atoms with Gasteiger partial charge in [-0.1, -0.05) is 47.3 Å². The Morgan fingerprint density at radius 1 is 1.30 bits per heavy atom. The fourth-order valence-electron chi connectivity index (χ4n) is 2.94. The van der Waals surface area contributed by atoms with Crippen molar-refractivity contribution in [2.45, 2.75) is 44.6 Å². The second-order valence-electron chi connectivity index (χ2n) is 5.41. The van der Waals surface area contributed by atoms with Gasteiger partial charge in [-0.25, -0.2) is 0 Å². The summed E-state index contributed by atoms with van der Waals surface area (Å²) < 4.78 is 0. The highest BCUT2D eigenvalue weighted by Gasteiger charge is 2.24. The minimum absolute atomic E-state index is 0.168. The molecule has 0 bridgehead atoms. The van der Waals surface area contributed by atoms with E-state index >= 15 is 0 Å². The van der Waals surface area contributed by atoms with Crippen molar-refractivity contribution in [1.82, 2.24) is 4.90 Å². The Morgan fingerprint density at radius 3 is 2.70 bits per heavy atom. The number of carbonyl (C=O) groups is 1. The molecule has 110 valence electrons. The highest BCUT2D eigenvalue weighted by molar-refractivity contribution is 9.09. The summed E-state index contributed by atoms with van der Waals surface area (Å²) in [5, 5.41) is 10.3. The van der Waals surface area contributed by atoms with E-state index in [1.54, 1.807) is 18.2 Å². The van der Waals surface area contributed by atoms with Gasteiger partial charge in [-0.2, -0.15) is 0 Å². The van der Waals surface area contributed by atoms with Crippen LogP contribution in [-0.2, 0) is 11.2 Å². The molecule has 0 atom stereocenters. The van der Waals surface area contributed by atoms with Gasteiger partial charge in [-0.05, 0) is 30.5 Å². The van der Waals surface area contributed by atoms with Crippen LogP contribution in [-0.4, -0.2) is 33.8 Å². The smallest absolute Gasteiger partial charge is 0.227 e. The highest BCUT2D eigenvalue weighted by atomic mass is 79.9. The molecule has 1 aliphatic rings. The number of rotatable bonds is 5. The summed E-state index contributed by atoms with van der Waals surface area (Å²) in [6.45, 7) is 0.766. The number of alkyl halides is 1. The quantitative estimate of drug-likeness (QED) is 0.834. The Hall–Kier alpha value is -1.03. The average molecular weight is 340 g/mol. The summed E-state index contributed by atoms with van der Waals surface area (Å²) >= 11 is 3.45. The van der Waals surface area contributed by atoms with Crippen LogP contribution in [0.1, 0.15) is 37.7 Å². The molecule has 0 heterocycles. The molecule has 1 saturated carbocycles. The Labute approximate surface area is 129 Å². The van der Waals surface area contributed by atoms with E-state index in [2.05, 4.69) is 15.9 Å². The first-order valence-corrected chi connectivity index (χ1v) is 8.46. The largest absolute Gasteiger partial charge is 0.508 e. The number of carbonyl (C=O) groups excluding carboxylic acids is 1. The Morgan fingerprint density at radius 2 is 2.05 bits per heavy atom. The van der Waals surface area contributed by atoms with Crippen LogP contribution in [0, 0.1) is 0 Å². The van der Waals surface area contributed by atoms with Gasteiger partial charge in [-0.15, -0.1) is 0 Å². The zero-order valence-corrected chi connectivity index (χ0v) is 13.3. The molecule has 3 nitrogen and oxygen atoms in total. The van der Waals surface area contributed by atoms with Crippen LogP contribution >= 0.6 is 15.9 Å². The van der Waals surface area contributed by atoms with Gasteiger partial charge in [0.05, 0.1) is 6.42 Å². The van der Waals surface area contributed by atoms with E-state index in [-0.39, 0.29) is 11.7 Å². The summed E-state index contributed by atoms with van der Waals surface area (Å²) in [6.07, 6.45) is 6.36. The van der Waals surface area contributed by atoms with Crippen molar-refractivity contribution in [2.75, 3.05) is 11.9 Å². The molecule has 1 amide bonds. The van der Waals surface area contributed by atoms with Crippen molar-refractivity contribution in [3.05, 3.63) is 29.8 Å². The third kappa shape index (κ3) is 4.23. The first kappa shape index (κ1) is 15.4. The number of hydrogen-bond donors (Lipinski definition) is 1. The molecule has 0 radical (unpaired) electrons. The van der Waals surface area contributed by atoms with E-state index in [1.165, 1.54) is 19.3 Å². The molecule has 0 spiro atoms. The van der Waals surface area contributed by atoms with Crippen LogP contribution in [0.15, 0.2) is 24.3 Å². The topological polar surface area (TPSA) is 40.5 Å². The molecule has 1 aliphatic carbocycles. The summed E-state index contributed by atoms with van der Waals surface area (Å²) in [5.41, 5.74) is 0.880. The van der Waals surface area contributed by atoms with Gasteiger partial charge in [0, 0.05) is 17.9 Å². The molecule has 1 fully saturated rings. The first-order valence-electron chi connectivity index (χ1n) is 7.34. The molecule has 0 unspecified atom stereocenters. The van der Waals surface area contributed by atoms with Crippen LogP contribution in [0.25, 0.3) is 0 Å². The van der Waals surface area contributed by atoms with Crippen LogP contribution < -0.4 is 0 Å². The van der Waals surface area contributed by atoms with Gasteiger partial charge >= 0.3 is 0 Å². The second kappa shape index (κ2) is 7.67. The maximum Gasteiger partial charge on any atom is 0.227 e. The number of phenolic OH excluding ortho intramolecular Hbond substituents is 1. The molecular formula is C16H22BrNO2. The number of benzene rings is 1. The number of amides is 1. The van der Waals surface area contributed by atoms with Crippen molar-refractivity contribution in [2.24, 2.45) is 0 Å². The lowest BCUT2D eigenvalue weighted by atomic mass is 9.93. The molecule has 0 aliphatic heterocycles. The standard InChI is InChI=1S/C16H22BrNO2/c17-9-10-18(14-6-2-1-3-7-14)16(20)12-13-5-4-8-15(19)11-13/h4-5,8,11,14,19H,1-3,6-7,9-10,12H2. The Kier molecular flexibility index (Phi) is 5.89. The molecule has 0 saturated heterocycles. The lowest BCUT2D eigenvalue weighted by Gasteiger charge is -2.34. The maximum atomic E-state index is 12.5. The van der Waals surface area contributed by atoms with Crippen LogP contribution in [0.4, 0.5) is 0 Å². The van der Waals surface area contributed by atoms with Crippen molar-refractivity contribution in [1.29, 1.82) is 0 Å². The van der Waals surface area contributed by atoms with Gasteiger partial charge in [0.1, 0.15) is 5.75 Å². The van der Waals surface area contributed by atoms with Gasteiger partial charge in [-0.3, -0.25) is 4.79 Å². The van der Waals surface area contributed by atoms with Crippen LogP contribution in [0.3, 0.4) is 0 Å². The third-order valence-corrected chi connectivity index (χ3v) is 4.28. The molecule has 1 aromatic carbocycles. The molecule has 2 rings (SSSR count). The third-order valence-electron chi connectivity index (χ3n) is 3.93. The molecule has 1 N–H and O–H groups in total. The lowest BCUT2D eigenvalue weighted by Crippen LogP contribution is -2.43. The van der Waals surface area contributed by atoms with Gasteiger partial charge < -0.3 is 10.0 Å². The zero-order valence-electron chi connectivity index (χ0n) is 11.7. The van der Waals surface area contributed by atoms with E-state index in [1.807, 2.05) is 11.0 Å². The van der Waals surface area contributed by atoms with E-state index in [0.717, 1.165) is 30.3 Å². The molecular weight excluding hydrogens is 318 g/mol. The predicted molar refractivity (Wildman–Crippen MR) is 84.2 cm³/mol. The van der Waals surface area contributed by atoms with Gasteiger partial charge in [0.2, 0.25) is 5.91 Å². The predicted octanol–water partition coefficient (Wildman–Crippen LogP) is 3.49. The lowest BCUT2D eigenvalue weighted by molar-refractivity contribution is -0.133. The van der Waals surface area contributed by atoms with Gasteiger partial charge in [0.15, 0.2) is 0 Å². The fourth-order valence-corrected chi connectivity index (χ4v) is 3.32. The summed E-state index contributed by atoms with van der Waals surface area (Å²) in [7, 11) is 0. The Bertz CT molecular complexity index is 444. The van der Waals surface area contributed by atoms with E-state index < -0.39 is 0 Å². The average Bonchev–Trinajstić information content (AvgIpc) is 2.45. The zero-order chi connectivity index (χ0) is 14.4. The first-order chi connectivity index (χ1) is 9.70. The fraction of sp³-hybridized carbons (Fsp3) is 0.562. The van der Waals surface area contributed by atoms with Crippen LogP contribution in [0.5, 0.6) is 5.75 Å². The minimum Gasteiger partial charge on any atom is -0.508 e. The van der Waals surface area contributed by atoms with Crippen molar-refractivity contribution < 1.29 is 9.90 Å². The Balaban J connectivity index is 2.02. The summed E-state index contributed by atoms with van der Waals surface area (Å²) in [4.78, 5) is 14.6. The molecule has 4 heteroatoms. The SMILES string of the molecule is O=C(Cc1cccc(O)c1)N(CCBr)C1CCCCC1. The number of phenols is 1. The minimum atomic E-state index is 0.168. The number of nitrogens with zero attached hydrogens (tertiary/aromatic N) is 1. The molecule has 0 aromatic heterocycles. The summed E-state index contributed by atoms with van der Waals surface area (Å²) in [6, 6.07) is 7.38. The van der Waals surface area contributed by atoms with Crippen molar-refractivity contribution >= 4 is 21.8 Å². The normalized spacial score (nSPS) is 16.1. The molecule has 1 aromatic rings. The number of aromatic hydroxyl groups is 1. The van der Waals surface area contributed by atoms with E-state index in [0.29, 0.717) is 12.5 Å². The molecule has 20 heavy (non-hydrogen) atoms. The van der Waals surface area contributed by atoms with E-state index in [4.69, 9.17) is 0 Å². The van der Waals surface area contributed by atoms with Crippen molar-refractivity contribution in [3.8, 4) is 5.75 Å². The number of hydrogen-bond acceptors (Lipinski definition) is 2. The second-order valence-corrected chi connectivity index (χ2v) is 6.21. The summed E-state index contributed by atoms with van der Waals surface area (Å²) in [5.74, 6) is 0.391.